The minimum absolute atomic E-state index is 0. The minimum atomic E-state index is -2.91. The van der Waals surface area contributed by atoms with E-state index in [4.69, 9.17) is 4.74 Å². The second-order valence-electron chi connectivity index (χ2n) is 4.65. The van der Waals surface area contributed by atoms with E-state index >= 15 is 0 Å². The van der Waals surface area contributed by atoms with E-state index in [-0.39, 0.29) is 29.7 Å². The first-order chi connectivity index (χ1) is 9.96. The Kier molecular flexibility index (Phi) is 10.2. The summed E-state index contributed by atoms with van der Waals surface area (Å²) in [5.74, 6) is 1.62. The molecule has 2 N–H and O–H groups in total. The van der Waals surface area contributed by atoms with Gasteiger partial charge in [0.05, 0.1) is 12.9 Å². The lowest BCUT2D eigenvalue weighted by Crippen LogP contribution is -2.37. The van der Waals surface area contributed by atoms with E-state index < -0.39 is 9.84 Å². The predicted molar refractivity (Wildman–Crippen MR) is 101 cm³/mol. The maximum atomic E-state index is 11.0. The number of benzene rings is 1. The molecule has 0 spiro atoms. The van der Waals surface area contributed by atoms with Crippen LogP contribution in [0.5, 0.6) is 5.75 Å². The smallest absolute Gasteiger partial charge is 0.191 e. The zero-order valence-electron chi connectivity index (χ0n) is 13.1. The van der Waals surface area contributed by atoms with Crippen molar-refractivity contribution in [3.05, 3.63) is 29.8 Å². The number of guanidine groups is 1. The molecule has 1 rings (SSSR count). The number of sulfone groups is 1. The molecular formula is C14H24IN3O3S. The quantitative estimate of drug-likeness (QED) is 0.290. The van der Waals surface area contributed by atoms with Gasteiger partial charge < -0.3 is 15.4 Å². The summed E-state index contributed by atoms with van der Waals surface area (Å²) in [5.41, 5.74) is 1.03. The lowest BCUT2D eigenvalue weighted by molar-refractivity contribution is 0.409. The van der Waals surface area contributed by atoms with Crippen molar-refractivity contribution in [2.24, 2.45) is 4.99 Å². The van der Waals surface area contributed by atoms with E-state index in [9.17, 15) is 8.42 Å². The lowest BCUT2D eigenvalue weighted by Gasteiger charge is -2.13. The zero-order chi connectivity index (χ0) is 15.7. The molecule has 126 valence electrons. The molecule has 0 aliphatic carbocycles. The summed E-state index contributed by atoms with van der Waals surface area (Å²) in [4.78, 5) is 4.10. The van der Waals surface area contributed by atoms with Crippen LogP contribution in [0.1, 0.15) is 12.0 Å². The van der Waals surface area contributed by atoms with Gasteiger partial charge in [-0.1, -0.05) is 18.2 Å². The first kappa shape index (κ1) is 21.0. The number of para-hydroxylation sites is 1. The summed E-state index contributed by atoms with van der Waals surface area (Å²) in [6.45, 7) is 1.13. The van der Waals surface area contributed by atoms with Crippen molar-refractivity contribution in [3.8, 4) is 5.75 Å². The minimum Gasteiger partial charge on any atom is -0.496 e. The normalized spacial score (nSPS) is 11.5. The number of hydrogen-bond acceptors (Lipinski definition) is 4. The number of rotatable bonds is 7. The van der Waals surface area contributed by atoms with E-state index in [1.54, 1.807) is 14.2 Å². The highest BCUT2D eigenvalue weighted by Crippen LogP contribution is 2.16. The van der Waals surface area contributed by atoms with Crippen molar-refractivity contribution in [2.45, 2.75) is 13.0 Å². The molecule has 1 aromatic rings. The molecule has 0 aliphatic rings. The van der Waals surface area contributed by atoms with Crippen LogP contribution in [0.3, 0.4) is 0 Å². The van der Waals surface area contributed by atoms with Crippen LogP contribution in [0.25, 0.3) is 0 Å². The molecule has 0 amide bonds. The second kappa shape index (κ2) is 10.7. The number of nitrogens with one attached hydrogen (secondary N) is 2. The third-order valence-corrected chi connectivity index (χ3v) is 3.88. The van der Waals surface area contributed by atoms with Gasteiger partial charge in [-0.15, -0.1) is 24.0 Å². The van der Waals surface area contributed by atoms with Crippen LogP contribution in [-0.2, 0) is 16.4 Å². The Bertz CT molecular complexity index is 576. The van der Waals surface area contributed by atoms with Gasteiger partial charge in [0.2, 0.25) is 0 Å². The average molecular weight is 441 g/mol. The molecule has 8 heteroatoms. The van der Waals surface area contributed by atoms with Gasteiger partial charge in [0.15, 0.2) is 5.96 Å². The molecule has 22 heavy (non-hydrogen) atoms. The number of aliphatic imine (C=N–C) groups is 1. The van der Waals surface area contributed by atoms with Crippen LogP contribution in [0.15, 0.2) is 29.3 Å². The van der Waals surface area contributed by atoms with Crippen LogP contribution in [0.2, 0.25) is 0 Å². The monoisotopic (exact) mass is 441 g/mol. The topological polar surface area (TPSA) is 79.8 Å². The van der Waals surface area contributed by atoms with Gasteiger partial charge in [0.1, 0.15) is 15.6 Å². The fourth-order valence-corrected chi connectivity index (χ4v) is 2.46. The second-order valence-corrected chi connectivity index (χ2v) is 6.91. The number of methoxy groups -OCH3 is 1. The summed E-state index contributed by atoms with van der Waals surface area (Å²) in [6, 6.07) is 7.74. The van der Waals surface area contributed by atoms with E-state index in [0.29, 0.717) is 25.5 Å². The summed E-state index contributed by atoms with van der Waals surface area (Å²) < 4.78 is 27.4. The molecule has 0 aromatic heterocycles. The number of ether oxygens (including phenoxy) is 1. The fourth-order valence-electron chi connectivity index (χ4n) is 1.79. The first-order valence-corrected chi connectivity index (χ1v) is 8.76. The van der Waals surface area contributed by atoms with E-state index in [0.717, 1.165) is 11.3 Å². The molecule has 0 unspecified atom stereocenters. The Morgan fingerprint density at radius 3 is 2.55 bits per heavy atom. The van der Waals surface area contributed by atoms with Gasteiger partial charge in [-0.05, 0) is 12.5 Å². The summed E-state index contributed by atoms with van der Waals surface area (Å²) in [7, 11) is 0.401. The lowest BCUT2D eigenvalue weighted by atomic mass is 10.2. The summed E-state index contributed by atoms with van der Waals surface area (Å²) >= 11 is 0. The Labute approximate surface area is 149 Å². The number of hydrogen-bond donors (Lipinski definition) is 2. The summed E-state index contributed by atoms with van der Waals surface area (Å²) in [6.07, 6.45) is 1.79. The molecule has 0 heterocycles. The van der Waals surface area contributed by atoms with Gasteiger partial charge in [-0.25, -0.2) is 8.42 Å². The van der Waals surface area contributed by atoms with Crippen LogP contribution < -0.4 is 15.4 Å². The standard InChI is InChI=1S/C14H23N3O3S.HI/c1-15-14(16-9-6-10-21(3,18)19)17-11-12-7-4-5-8-13(12)20-2;/h4-5,7-8H,6,9-11H2,1-3H3,(H2,15,16,17);1H. The van der Waals surface area contributed by atoms with Gasteiger partial charge >= 0.3 is 0 Å². The van der Waals surface area contributed by atoms with E-state index in [2.05, 4.69) is 15.6 Å². The van der Waals surface area contributed by atoms with Crippen LogP contribution in [-0.4, -0.2) is 47.1 Å². The van der Waals surface area contributed by atoms with E-state index in [1.807, 2.05) is 24.3 Å². The zero-order valence-corrected chi connectivity index (χ0v) is 16.3. The van der Waals surface area contributed by atoms with Crippen LogP contribution >= 0.6 is 24.0 Å². The molecule has 0 saturated heterocycles. The Hall–Kier alpha value is -1.03. The molecule has 0 saturated carbocycles. The largest absolute Gasteiger partial charge is 0.496 e. The van der Waals surface area contributed by atoms with Crippen molar-refractivity contribution < 1.29 is 13.2 Å². The third kappa shape index (κ3) is 8.42. The highest BCUT2D eigenvalue weighted by molar-refractivity contribution is 14.0. The van der Waals surface area contributed by atoms with Crippen molar-refractivity contribution >= 4 is 39.8 Å². The molecule has 0 radical (unpaired) electrons. The van der Waals surface area contributed by atoms with Crippen LogP contribution in [0.4, 0.5) is 0 Å². The van der Waals surface area contributed by atoms with Crippen molar-refractivity contribution in [1.29, 1.82) is 0 Å². The van der Waals surface area contributed by atoms with Crippen molar-refractivity contribution in [1.82, 2.24) is 10.6 Å². The molecule has 0 atom stereocenters. The van der Waals surface area contributed by atoms with Crippen LogP contribution in [0, 0.1) is 0 Å². The Balaban J connectivity index is 0.00000441. The molecule has 0 bridgehead atoms. The molecule has 0 aliphatic heterocycles. The molecule has 1 aromatic carbocycles. The third-order valence-electron chi connectivity index (χ3n) is 2.85. The molecule has 6 nitrogen and oxygen atoms in total. The maximum absolute atomic E-state index is 11.0. The molecule has 0 fully saturated rings. The highest BCUT2D eigenvalue weighted by atomic mass is 127. The first-order valence-electron chi connectivity index (χ1n) is 6.70. The Morgan fingerprint density at radius 2 is 1.95 bits per heavy atom. The van der Waals surface area contributed by atoms with Crippen molar-refractivity contribution in [2.75, 3.05) is 32.7 Å². The fraction of sp³-hybridized carbons (Fsp3) is 0.500. The van der Waals surface area contributed by atoms with Gasteiger partial charge in [-0.3, -0.25) is 4.99 Å². The van der Waals surface area contributed by atoms with Gasteiger partial charge in [-0.2, -0.15) is 0 Å². The molecular weight excluding hydrogens is 417 g/mol. The Morgan fingerprint density at radius 1 is 1.27 bits per heavy atom. The number of halogens is 1. The van der Waals surface area contributed by atoms with E-state index in [1.165, 1.54) is 6.26 Å². The summed E-state index contributed by atoms with van der Waals surface area (Å²) in [5, 5.41) is 6.25. The SMILES string of the molecule is CN=C(NCCCS(C)(=O)=O)NCc1ccccc1OC.I. The average Bonchev–Trinajstić information content (AvgIpc) is 2.45. The highest BCUT2D eigenvalue weighted by Gasteiger charge is 2.04. The van der Waals surface area contributed by atoms with Gasteiger partial charge in [0, 0.05) is 32.0 Å². The van der Waals surface area contributed by atoms with Gasteiger partial charge in [0.25, 0.3) is 0 Å². The van der Waals surface area contributed by atoms with Crippen molar-refractivity contribution in [3.63, 3.8) is 0 Å². The predicted octanol–water partition coefficient (Wildman–Crippen LogP) is 1.41. The number of nitrogens with zero attached hydrogens (tertiary/aromatic N) is 1. The maximum Gasteiger partial charge on any atom is 0.191 e.